The minimum atomic E-state index is -0.823. The zero-order valence-electron chi connectivity index (χ0n) is 24.5. The van der Waals surface area contributed by atoms with Crippen molar-refractivity contribution in [3.63, 3.8) is 0 Å². The average Bonchev–Trinajstić information content (AvgIpc) is 2.92. The molecule has 3 rings (SSSR count). The fourth-order valence-corrected chi connectivity index (χ4v) is 5.01. The lowest BCUT2D eigenvalue weighted by atomic mass is 9.96. The van der Waals surface area contributed by atoms with Crippen LogP contribution in [0.4, 0.5) is 0 Å². The monoisotopic (exact) mass is 542 g/mol. The third kappa shape index (κ3) is 8.26. The molecule has 7 heteroatoms. The van der Waals surface area contributed by atoms with Crippen LogP contribution in [0.5, 0.6) is 0 Å². The van der Waals surface area contributed by atoms with Crippen molar-refractivity contribution >= 4 is 28.5 Å². The van der Waals surface area contributed by atoms with Gasteiger partial charge in [-0.3, -0.25) is 14.4 Å². The summed E-state index contributed by atoms with van der Waals surface area (Å²) in [5.74, 6) is -0.855. The van der Waals surface area contributed by atoms with E-state index in [0.717, 1.165) is 27.5 Å². The van der Waals surface area contributed by atoms with E-state index < -0.39 is 17.6 Å². The maximum Gasteiger partial charge on any atom is 0.246 e. The van der Waals surface area contributed by atoms with Crippen LogP contribution in [-0.2, 0) is 27.2 Å². The van der Waals surface area contributed by atoms with E-state index in [1.807, 2.05) is 93.6 Å². The fourth-order valence-electron chi connectivity index (χ4n) is 5.01. The predicted octanol–water partition coefficient (Wildman–Crippen LogP) is 4.10. The molecule has 3 aromatic carbocycles. The maximum atomic E-state index is 14.1. The van der Waals surface area contributed by atoms with Gasteiger partial charge in [0.05, 0.1) is 0 Å². The molecule has 3 N–H and O–H groups in total. The van der Waals surface area contributed by atoms with Gasteiger partial charge in [-0.25, -0.2) is 0 Å². The molecule has 0 saturated carbocycles. The number of hydrogen-bond donors (Lipinski definition) is 2. The number of carbonyl (C=O) groups is 3. The second kappa shape index (κ2) is 13.4. The largest absolute Gasteiger partial charge is 0.357 e. The van der Waals surface area contributed by atoms with Crippen LogP contribution >= 0.6 is 0 Å². The summed E-state index contributed by atoms with van der Waals surface area (Å²) >= 11 is 0. The van der Waals surface area contributed by atoms with Crippen LogP contribution in [0, 0.1) is 0 Å². The highest BCUT2D eigenvalue weighted by molar-refractivity contribution is 5.95. The van der Waals surface area contributed by atoms with Gasteiger partial charge in [-0.1, -0.05) is 78.4 Å². The van der Waals surface area contributed by atoms with Gasteiger partial charge < -0.3 is 20.9 Å². The van der Waals surface area contributed by atoms with Crippen molar-refractivity contribution in [1.82, 2.24) is 15.1 Å². The molecule has 40 heavy (non-hydrogen) atoms. The van der Waals surface area contributed by atoms with Crippen LogP contribution < -0.4 is 11.1 Å². The summed E-state index contributed by atoms with van der Waals surface area (Å²) in [4.78, 5) is 43.5. The Hall–Kier alpha value is -3.97. The lowest BCUT2D eigenvalue weighted by Gasteiger charge is -2.34. The van der Waals surface area contributed by atoms with E-state index in [-0.39, 0.29) is 17.7 Å². The van der Waals surface area contributed by atoms with Gasteiger partial charge in [0.15, 0.2) is 0 Å². The Morgan fingerprint density at radius 2 is 1.45 bits per heavy atom. The Morgan fingerprint density at radius 3 is 2.08 bits per heavy atom. The molecule has 2 atom stereocenters. The molecule has 0 aliphatic carbocycles. The molecule has 0 radical (unpaired) electrons. The molecule has 3 aromatic rings. The number of rotatable bonds is 11. The van der Waals surface area contributed by atoms with E-state index in [9.17, 15) is 14.4 Å². The number of hydrogen-bond acceptors (Lipinski definition) is 4. The molecule has 0 aromatic heterocycles. The van der Waals surface area contributed by atoms with Crippen molar-refractivity contribution in [2.24, 2.45) is 5.73 Å². The van der Waals surface area contributed by atoms with Crippen molar-refractivity contribution in [2.45, 2.75) is 57.7 Å². The smallest absolute Gasteiger partial charge is 0.246 e. The lowest BCUT2D eigenvalue weighted by Crippen LogP contribution is -2.55. The number of fused-ring (bicyclic) bond motifs is 1. The van der Waals surface area contributed by atoms with Crippen LogP contribution in [0.3, 0.4) is 0 Å². The van der Waals surface area contributed by atoms with Crippen LogP contribution in [0.15, 0.2) is 84.4 Å². The standard InChI is InChI=1S/C33H42N4O3/c1-23(22-33(2,3)34)18-30(38)36(5)29(21-25-16-17-26-14-10-11-15-27(26)19-25)32(40)37(6)28(31(39)35-4)20-24-12-8-7-9-13-24/h7-19,28-29H,20-22,34H2,1-6H3,(H,35,39)/b23-18+/t28-,29-/m1/s1. The number of likely N-dealkylation sites (N-methyl/N-ethyl adjacent to an activating group) is 3. The summed E-state index contributed by atoms with van der Waals surface area (Å²) in [5.41, 5.74) is 8.40. The normalized spacial score (nSPS) is 13.4. The van der Waals surface area contributed by atoms with Crippen molar-refractivity contribution in [3.8, 4) is 0 Å². The van der Waals surface area contributed by atoms with Crippen LogP contribution in [0.1, 0.15) is 38.3 Å². The second-order valence-corrected chi connectivity index (χ2v) is 11.3. The summed E-state index contributed by atoms with van der Waals surface area (Å²) < 4.78 is 0. The van der Waals surface area contributed by atoms with Crippen LogP contribution in [-0.4, -0.2) is 66.3 Å². The van der Waals surface area contributed by atoms with Gasteiger partial charge in [-0.05, 0) is 49.1 Å². The van der Waals surface area contributed by atoms with E-state index in [2.05, 4.69) is 5.32 Å². The third-order valence-corrected chi connectivity index (χ3v) is 7.08. The molecular weight excluding hydrogens is 500 g/mol. The lowest BCUT2D eigenvalue weighted by molar-refractivity contribution is -0.146. The Morgan fingerprint density at radius 1 is 0.850 bits per heavy atom. The number of nitrogens with two attached hydrogens (primary N) is 1. The summed E-state index contributed by atoms with van der Waals surface area (Å²) in [5, 5.41) is 4.85. The van der Waals surface area contributed by atoms with E-state index in [4.69, 9.17) is 5.73 Å². The molecule has 0 aliphatic heterocycles. The van der Waals surface area contributed by atoms with E-state index >= 15 is 0 Å². The highest BCUT2D eigenvalue weighted by Crippen LogP contribution is 2.21. The Balaban J connectivity index is 1.96. The minimum absolute atomic E-state index is 0.265. The van der Waals surface area contributed by atoms with E-state index in [1.54, 1.807) is 27.2 Å². The number of nitrogens with one attached hydrogen (secondary N) is 1. The predicted molar refractivity (Wildman–Crippen MR) is 162 cm³/mol. The quantitative estimate of drug-likeness (QED) is 0.357. The first kappa shape index (κ1) is 30.6. The molecular formula is C33H42N4O3. The molecule has 212 valence electrons. The first-order valence-corrected chi connectivity index (χ1v) is 13.6. The highest BCUT2D eigenvalue weighted by atomic mass is 16.2. The van der Waals surface area contributed by atoms with Crippen LogP contribution in [0.25, 0.3) is 10.8 Å². The highest BCUT2D eigenvalue weighted by Gasteiger charge is 2.34. The molecule has 0 bridgehead atoms. The Bertz CT molecular complexity index is 1360. The van der Waals surface area contributed by atoms with Gasteiger partial charge in [0.25, 0.3) is 0 Å². The summed E-state index contributed by atoms with van der Waals surface area (Å²) in [6.45, 7) is 5.69. The number of carbonyl (C=O) groups excluding carboxylic acids is 3. The van der Waals surface area contributed by atoms with Crippen molar-refractivity contribution < 1.29 is 14.4 Å². The molecule has 0 saturated heterocycles. The molecule has 0 unspecified atom stereocenters. The van der Waals surface area contributed by atoms with Crippen molar-refractivity contribution in [1.29, 1.82) is 0 Å². The van der Waals surface area contributed by atoms with Gasteiger partial charge in [0, 0.05) is 45.6 Å². The number of nitrogens with zero attached hydrogens (tertiary/aromatic N) is 2. The molecule has 0 heterocycles. The Labute approximate surface area is 238 Å². The van der Waals surface area contributed by atoms with Gasteiger partial charge >= 0.3 is 0 Å². The van der Waals surface area contributed by atoms with E-state index in [0.29, 0.717) is 19.3 Å². The van der Waals surface area contributed by atoms with Crippen molar-refractivity contribution in [3.05, 3.63) is 95.6 Å². The molecule has 3 amide bonds. The fraction of sp³-hybridized carbons (Fsp3) is 0.364. The first-order valence-electron chi connectivity index (χ1n) is 13.6. The summed E-state index contributed by atoms with van der Waals surface area (Å²) in [7, 11) is 4.84. The maximum absolute atomic E-state index is 14.1. The van der Waals surface area contributed by atoms with E-state index in [1.165, 1.54) is 9.80 Å². The van der Waals surface area contributed by atoms with Gasteiger partial charge in [0.2, 0.25) is 17.7 Å². The summed E-state index contributed by atoms with van der Waals surface area (Å²) in [6.07, 6.45) is 2.76. The van der Waals surface area contributed by atoms with Crippen molar-refractivity contribution in [2.75, 3.05) is 21.1 Å². The molecule has 0 spiro atoms. The Kier molecular flexibility index (Phi) is 10.2. The zero-order valence-corrected chi connectivity index (χ0v) is 24.5. The SMILES string of the molecule is CNC(=O)[C@@H](Cc1ccccc1)N(C)C(=O)[C@@H](Cc1ccc2ccccc2c1)N(C)C(=O)/C=C(\C)CC(C)(C)N. The van der Waals surface area contributed by atoms with Crippen LogP contribution in [0.2, 0.25) is 0 Å². The zero-order chi connectivity index (χ0) is 29.4. The molecule has 0 aliphatic rings. The molecule has 0 fully saturated rings. The number of amides is 3. The third-order valence-electron chi connectivity index (χ3n) is 7.08. The van der Waals surface area contributed by atoms with Gasteiger partial charge in [-0.2, -0.15) is 0 Å². The minimum Gasteiger partial charge on any atom is -0.357 e. The summed E-state index contributed by atoms with van der Waals surface area (Å²) in [6, 6.07) is 22.1. The second-order valence-electron chi connectivity index (χ2n) is 11.3. The average molecular weight is 543 g/mol. The number of benzene rings is 3. The van der Waals surface area contributed by atoms with Gasteiger partial charge in [0.1, 0.15) is 12.1 Å². The topological polar surface area (TPSA) is 95.7 Å². The van der Waals surface area contributed by atoms with Gasteiger partial charge in [-0.15, -0.1) is 0 Å². The molecule has 7 nitrogen and oxygen atoms in total. The first-order chi connectivity index (χ1) is 18.9.